The van der Waals surface area contributed by atoms with Crippen LogP contribution in [0.15, 0.2) is 34.0 Å². The van der Waals surface area contributed by atoms with Gasteiger partial charge in [-0.05, 0) is 19.4 Å². The van der Waals surface area contributed by atoms with E-state index in [0.717, 1.165) is 62.9 Å². The molecule has 0 atom stereocenters. The number of nitrogens with one attached hydrogen (secondary N) is 1. The van der Waals surface area contributed by atoms with Crippen LogP contribution in [-0.2, 0) is 13.0 Å². The quantitative estimate of drug-likeness (QED) is 0.477. The van der Waals surface area contributed by atoms with Gasteiger partial charge < -0.3 is 29.0 Å². The Morgan fingerprint density at radius 2 is 1.84 bits per heavy atom. The van der Waals surface area contributed by atoms with Gasteiger partial charge in [0, 0.05) is 57.4 Å². The molecule has 31 heavy (non-hydrogen) atoms. The van der Waals surface area contributed by atoms with E-state index in [-0.39, 0.29) is 0 Å². The maximum atomic E-state index is 5.59. The van der Waals surface area contributed by atoms with Crippen LogP contribution in [0, 0.1) is 0 Å². The van der Waals surface area contributed by atoms with Crippen molar-refractivity contribution in [3.05, 3.63) is 35.7 Å². The van der Waals surface area contributed by atoms with Gasteiger partial charge in [-0.15, -0.1) is 0 Å². The van der Waals surface area contributed by atoms with Crippen molar-refractivity contribution in [1.82, 2.24) is 20.3 Å². The second-order valence-electron chi connectivity index (χ2n) is 7.23. The highest BCUT2D eigenvalue weighted by atomic mass is 16.5. The minimum Gasteiger partial charge on any atom is -0.493 e. The van der Waals surface area contributed by atoms with Crippen LogP contribution in [0.5, 0.6) is 17.2 Å². The Morgan fingerprint density at radius 3 is 2.45 bits per heavy atom. The zero-order valence-corrected chi connectivity index (χ0v) is 18.9. The summed E-state index contributed by atoms with van der Waals surface area (Å²) in [5.74, 6) is 2.91. The lowest BCUT2D eigenvalue weighted by molar-refractivity contribution is 0.169. The Kier molecular flexibility index (Phi) is 8.40. The molecular weight excluding hydrogens is 398 g/mol. The molecule has 2 heterocycles. The Bertz CT molecular complexity index is 833. The van der Waals surface area contributed by atoms with E-state index >= 15 is 0 Å². The second kappa shape index (κ2) is 11.5. The van der Waals surface area contributed by atoms with Crippen molar-refractivity contribution in [2.75, 3.05) is 60.6 Å². The Balaban J connectivity index is 1.60. The van der Waals surface area contributed by atoms with Crippen LogP contribution in [0.1, 0.15) is 18.2 Å². The molecule has 9 nitrogen and oxygen atoms in total. The van der Waals surface area contributed by atoms with Gasteiger partial charge in [-0.3, -0.25) is 9.89 Å². The number of ether oxygens (including phenoxy) is 3. The number of hydrogen-bond donors (Lipinski definition) is 1. The standard InChI is InChI=1S/C22H33N5O4/c1-5-23-22(27-13-11-26(12-14-27)16-18-9-15-31-25-18)24-10-8-17-6-7-19(28-2)21(30-4)20(17)29-3/h6-7,9,15H,5,8,10-14,16H2,1-4H3,(H,23,24). The van der Waals surface area contributed by atoms with E-state index in [4.69, 9.17) is 23.7 Å². The first-order chi connectivity index (χ1) is 15.2. The second-order valence-corrected chi connectivity index (χ2v) is 7.23. The Labute approximate surface area is 183 Å². The summed E-state index contributed by atoms with van der Waals surface area (Å²) < 4.78 is 21.4. The lowest BCUT2D eigenvalue weighted by Gasteiger charge is -2.36. The molecule has 1 N–H and O–H groups in total. The van der Waals surface area contributed by atoms with Crippen LogP contribution >= 0.6 is 0 Å². The summed E-state index contributed by atoms with van der Waals surface area (Å²) in [6, 6.07) is 5.82. The van der Waals surface area contributed by atoms with Gasteiger partial charge in [0.1, 0.15) is 6.26 Å². The molecule has 1 saturated heterocycles. The lowest BCUT2D eigenvalue weighted by Crippen LogP contribution is -2.52. The monoisotopic (exact) mass is 431 g/mol. The summed E-state index contributed by atoms with van der Waals surface area (Å²) in [5.41, 5.74) is 2.01. The first-order valence-electron chi connectivity index (χ1n) is 10.6. The van der Waals surface area contributed by atoms with Crippen molar-refractivity contribution < 1.29 is 18.7 Å². The molecule has 0 unspecified atom stereocenters. The molecule has 2 aromatic rings. The Hall–Kier alpha value is -2.94. The van der Waals surface area contributed by atoms with Crippen LogP contribution < -0.4 is 19.5 Å². The maximum Gasteiger partial charge on any atom is 0.203 e. The predicted octanol–water partition coefficient (Wildman–Crippen LogP) is 2.03. The maximum absolute atomic E-state index is 5.59. The average Bonchev–Trinajstić information content (AvgIpc) is 3.31. The van der Waals surface area contributed by atoms with Crippen LogP contribution in [0.25, 0.3) is 0 Å². The minimum absolute atomic E-state index is 0.613. The number of rotatable bonds is 9. The molecule has 0 amide bonds. The summed E-state index contributed by atoms with van der Waals surface area (Å²) in [6.07, 6.45) is 2.36. The van der Waals surface area contributed by atoms with Crippen LogP contribution in [0.2, 0.25) is 0 Å². The molecule has 170 valence electrons. The molecule has 1 aliphatic heterocycles. The summed E-state index contributed by atoms with van der Waals surface area (Å²) in [7, 11) is 4.88. The number of piperazine rings is 1. The molecule has 0 saturated carbocycles. The fourth-order valence-electron chi connectivity index (χ4n) is 3.73. The fourth-order valence-corrected chi connectivity index (χ4v) is 3.73. The summed E-state index contributed by atoms with van der Waals surface area (Å²) in [6.45, 7) is 8.14. The van der Waals surface area contributed by atoms with Gasteiger partial charge in [-0.25, -0.2) is 0 Å². The predicted molar refractivity (Wildman–Crippen MR) is 119 cm³/mol. The number of aliphatic imine (C=N–C) groups is 1. The van der Waals surface area contributed by atoms with Gasteiger partial charge in [0.25, 0.3) is 0 Å². The fraction of sp³-hybridized carbons (Fsp3) is 0.545. The van der Waals surface area contributed by atoms with E-state index in [9.17, 15) is 0 Å². The highest BCUT2D eigenvalue weighted by Gasteiger charge is 2.20. The van der Waals surface area contributed by atoms with Gasteiger partial charge in [0.05, 0.1) is 27.0 Å². The van der Waals surface area contributed by atoms with Crippen LogP contribution in [0.3, 0.4) is 0 Å². The van der Waals surface area contributed by atoms with E-state index in [1.54, 1.807) is 27.6 Å². The third-order valence-corrected chi connectivity index (χ3v) is 5.31. The van der Waals surface area contributed by atoms with Crippen LogP contribution in [-0.4, -0.2) is 81.5 Å². The molecule has 1 aliphatic rings. The van der Waals surface area contributed by atoms with Gasteiger partial charge in [-0.1, -0.05) is 11.2 Å². The molecule has 9 heteroatoms. The SMILES string of the molecule is CCNC(=NCCc1ccc(OC)c(OC)c1OC)N1CCN(Cc2ccon2)CC1. The number of methoxy groups -OCH3 is 3. The van der Waals surface area contributed by atoms with Crippen molar-refractivity contribution in [1.29, 1.82) is 0 Å². The number of benzene rings is 1. The first kappa shape index (κ1) is 22.7. The molecule has 0 radical (unpaired) electrons. The molecular formula is C22H33N5O4. The van der Waals surface area contributed by atoms with E-state index < -0.39 is 0 Å². The zero-order chi connectivity index (χ0) is 22.1. The van der Waals surface area contributed by atoms with Gasteiger partial charge >= 0.3 is 0 Å². The first-order valence-corrected chi connectivity index (χ1v) is 10.6. The van der Waals surface area contributed by atoms with E-state index in [1.807, 2.05) is 18.2 Å². The van der Waals surface area contributed by atoms with E-state index in [1.165, 1.54) is 0 Å². The normalized spacial score (nSPS) is 15.1. The topological polar surface area (TPSA) is 84.6 Å². The third kappa shape index (κ3) is 5.81. The van der Waals surface area contributed by atoms with Crippen LogP contribution in [0.4, 0.5) is 0 Å². The number of guanidine groups is 1. The lowest BCUT2D eigenvalue weighted by atomic mass is 10.1. The molecule has 3 rings (SSSR count). The third-order valence-electron chi connectivity index (χ3n) is 5.31. The van der Waals surface area contributed by atoms with Crippen molar-refractivity contribution >= 4 is 5.96 Å². The van der Waals surface area contributed by atoms with Crippen molar-refractivity contribution in [3.63, 3.8) is 0 Å². The highest BCUT2D eigenvalue weighted by Crippen LogP contribution is 2.39. The van der Waals surface area contributed by atoms with Gasteiger partial charge in [0.15, 0.2) is 17.5 Å². The van der Waals surface area contributed by atoms with Gasteiger partial charge in [0.2, 0.25) is 5.75 Å². The van der Waals surface area contributed by atoms with Crippen molar-refractivity contribution in [2.45, 2.75) is 19.9 Å². The van der Waals surface area contributed by atoms with Crippen molar-refractivity contribution in [2.24, 2.45) is 4.99 Å². The largest absolute Gasteiger partial charge is 0.493 e. The number of nitrogens with zero attached hydrogens (tertiary/aromatic N) is 4. The molecule has 0 spiro atoms. The van der Waals surface area contributed by atoms with E-state index in [2.05, 4.69) is 27.2 Å². The highest BCUT2D eigenvalue weighted by molar-refractivity contribution is 5.80. The molecule has 1 aromatic carbocycles. The smallest absolute Gasteiger partial charge is 0.203 e. The zero-order valence-electron chi connectivity index (χ0n) is 18.9. The summed E-state index contributed by atoms with van der Waals surface area (Å²) in [4.78, 5) is 9.56. The molecule has 1 aromatic heterocycles. The van der Waals surface area contributed by atoms with Gasteiger partial charge in [-0.2, -0.15) is 0 Å². The number of hydrogen-bond acceptors (Lipinski definition) is 7. The molecule has 0 bridgehead atoms. The molecule has 0 aliphatic carbocycles. The summed E-state index contributed by atoms with van der Waals surface area (Å²) >= 11 is 0. The Morgan fingerprint density at radius 1 is 1.06 bits per heavy atom. The van der Waals surface area contributed by atoms with E-state index in [0.29, 0.717) is 23.8 Å². The number of aromatic nitrogens is 1. The summed E-state index contributed by atoms with van der Waals surface area (Å²) in [5, 5.41) is 7.43. The molecule has 1 fully saturated rings. The minimum atomic E-state index is 0.613. The average molecular weight is 432 g/mol. The van der Waals surface area contributed by atoms with Crippen molar-refractivity contribution in [3.8, 4) is 17.2 Å².